The molecular weight excluding hydrogens is 358 g/mol. The number of anilines is 1. The molecule has 1 amide bonds. The van der Waals surface area contributed by atoms with Gasteiger partial charge in [-0.3, -0.25) is 10.1 Å². The fourth-order valence-electron chi connectivity index (χ4n) is 3.18. The fourth-order valence-corrected chi connectivity index (χ4v) is 3.88. The summed E-state index contributed by atoms with van der Waals surface area (Å²) in [6, 6.07) is 13.5. The first kappa shape index (κ1) is 17.3. The van der Waals surface area contributed by atoms with Gasteiger partial charge in [-0.25, -0.2) is 4.98 Å². The second-order valence-electron chi connectivity index (χ2n) is 6.35. The minimum atomic E-state index is -0.204. The van der Waals surface area contributed by atoms with Crippen molar-refractivity contribution in [3.05, 3.63) is 64.7 Å². The van der Waals surface area contributed by atoms with Crippen LogP contribution in [0.1, 0.15) is 21.6 Å². The molecule has 0 atom stereocenters. The number of thiazole rings is 1. The quantitative estimate of drug-likeness (QED) is 0.516. The molecule has 0 saturated heterocycles. The van der Waals surface area contributed by atoms with Crippen LogP contribution < -0.4 is 10.1 Å². The van der Waals surface area contributed by atoms with Crippen LogP contribution in [0.25, 0.3) is 22.2 Å². The van der Waals surface area contributed by atoms with Crippen molar-refractivity contribution in [2.75, 3.05) is 12.4 Å². The number of nitrogens with one attached hydrogen (secondary N) is 2. The van der Waals surface area contributed by atoms with Crippen LogP contribution in [0.3, 0.4) is 0 Å². The van der Waals surface area contributed by atoms with E-state index in [1.54, 1.807) is 19.2 Å². The number of carbonyl (C=O) groups excluding carboxylic acids is 1. The average Bonchev–Trinajstić information content (AvgIpc) is 3.24. The number of nitrogens with zero attached hydrogens (tertiary/aromatic N) is 1. The molecule has 0 unspecified atom stereocenters. The molecule has 0 aliphatic heterocycles. The SMILES string of the molecule is COc1cc(C(=O)Nc2nc(-c3c(C)[nH]c4ccccc34)cs2)ccc1C. The topological polar surface area (TPSA) is 67.0 Å². The van der Waals surface area contributed by atoms with Gasteiger partial charge in [-0.1, -0.05) is 24.3 Å². The predicted molar refractivity (Wildman–Crippen MR) is 110 cm³/mol. The summed E-state index contributed by atoms with van der Waals surface area (Å²) < 4.78 is 5.30. The molecule has 6 heteroatoms. The molecule has 2 N–H and O–H groups in total. The minimum absolute atomic E-state index is 0.204. The van der Waals surface area contributed by atoms with Crippen LogP contribution in [-0.2, 0) is 0 Å². The van der Waals surface area contributed by atoms with E-state index in [1.807, 2.05) is 43.5 Å². The number of carbonyl (C=O) groups is 1. The molecule has 0 radical (unpaired) electrons. The van der Waals surface area contributed by atoms with Crippen LogP contribution in [0, 0.1) is 13.8 Å². The Morgan fingerprint density at radius 1 is 1.19 bits per heavy atom. The van der Waals surface area contributed by atoms with Gasteiger partial charge in [0.05, 0.1) is 12.8 Å². The zero-order valence-electron chi connectivity index (χ0n) is 15.3. The summed E-state index contributed by atoms with van der Waals surface area (Å²) in [7, 11) is 1.60. The number of aromatic amines is 1. The van der Waals surface area contributed by atoms with Gasteiger partial charge < -0.3 is 9.72 Å². The number of H-pyrrole nitrogens is 1. The second-order valence-corrected chi connectivity index (χ2v) is 7.21. The highest BCUT2D eigenvalue weighted by Crippen LogP contribution is 2.34. The third kappa shape index (κ3) is 3.19. The first-order chi connectivity index (χ1) is 13.1. The highest BCUT2D eigenvalue weighted by molar-refractivity contribution is 7.14. The van der Waals surface area contributed by atoms with Crippen LogP contribution >= 0.6 is 11.3 Å². The monoisotopic (exact) mass is 377 g/mol. The van der Waals surface area contributed by atoms with Crippen molar-refractivity contribution in [1.82, 2.24) is 9.97 Å². The molecule has 4 aromatic rings. The lowest BCUT2D eigenvalue weighted by molar-refractivity contribution is 0.102. The summed E-state index contributed by atoms with van der Waals surface area (Å²) in [5, 5.41) is 6.54. The first-order valence-corrected chi connectivity index (χ1v) is 9.44. The Labute approximate surface area is 161 Å². The van der Waals surface area contributed by atoms with Gasteiger partial charge in [0.25, 0.3) is 5.91 Å². The van der Waals surface area contributed by atoms with Gasteiger partial charge in [-0.2, -0.15) is 0 Å². The number of rotatable bonds is 4. The van der Waals surface area contributed by atoms with Crippen LogP contribution in [0.4, 0.5) is 5.13 Å². The third-order valence-electron chi connectivity index (χ3n) is 4.54. The van der Waals surface area contributed by atoms with Gasteiger partial charge in [0.15, 0.2) is 5.13 Å². The van der Waals surface area contributed by atoms with E-state index >= 15 is 0 Å². The largest absolute Gasteiger partial charge is 0.496 e. The number of hydrogen-bond acceptors (Lipinski definition) is 4. The van der Waals surface area contributed by atoms with Gasteiger partial charge in [0.1, 0.15) is 5.75 Å². The third-order valence-corrected chi connectivity index (χ3v) is 5.30. The van der Waals surface area contributed by atoms with Crippen LogP contribution in [0.15, 0.2) is 47.8 Å². The van der Waals surface area contributed by atoms with E-state index in [1.165, 1.54) is 11.3 Å². The van der Waals surface area contributed by atoms with E-state index in [-0.39, 0.29) is 5.91 Å². The predicted octanol–water partition coefficient (Wildman–Crippen LogP) is 5.17. The lowest BCUT2D eigenvalue weighted by Gasteiger charge is -2.07. The Kier molecular flexibility index (Phi) is 4.41. The Morgan fingerprint density at radius 3 is 2.81 bits per heavy atom. The van der Waals surface area contributed by atoms with Crippen molar-refractivity contribution in [2.24, 2.45) is 0 Å². The second kappa shape index (κ2) is 6.89. The summed E-state index contributed by atoms with van der Waals surface area (Å²) in [5.41, 5.74) is 5.59. The molecule has 4 rings (SSSR count). The molecular formula is C21H19N3O2S. The smallest absolute Gasteiger partial charge is 0.257 e. The summed E-state index contributed by atoms with van der Waals surface area (Å²) in [6.45, 7) is 3.97. The number of amides is 1. The molecule has 0 saturated carbocycles. The van der Waals surface area contributed by atoms with Gasteiger partial charge in [-0.05, 0) is 37.6 Å². The van der Waals surface area contributed by atoms with Crippen molar-refractivity contribution >= 4 is 33.3 Å². The van der Waals surface area contributed by atoms with Crippen LogP contribution in [-0.4, -0.2) is 23.0 Å². The van der Waals surface area contributed by atoms with Gasteiger partial charge >= 0.3 is 0 Å². The van der Waals surface area contributed by atoms with E-state index in [2.05, 4.69) is 21.4 Å². The number of fused-ring (bicyclic) bond motifs is 1. The number of aryl methyl sites for hydroxylation is 2. The number of aromatic nitrogens is 2. The molecule has 2 aromatic carbocycles. The molecule has 2 aromatic heterocycles. The van der Waals surface area contributed by atoms with Crippen LogP contribution in [0.2, 0.25) is 0 Å². The number of ether oxygens (including phenoxy) is 1. The number of para-hydroxylation sites is 1. The minimum Gasteiger partial charge on any atom is -0.496 e. The van der Waals surface area contributed by atoms with Crippen molar-refractivity contribution < 1.29 is 9.53 Å². The van der Waals surface area contributed by atoms with E-state index in [4.69, 9.17) is 4.74 Å². The van der Waals surface area contributed by atoms with E-state index in [0.717, 1.165) is 33.4 Å². The van der Waals surface area contributed by atoms with Crippen molar-refractivity contribution in [1.29, 1.82) is 0 Å². The van der Waals surface area contributed by atoms with E-state index < -0.39 is 0 Å². The number of hydrogen-bond donors (Lipinski definition) is 2. The Morgan fingerprint density at radius 2 is 2.00 bits per heavy atom. The maximum atomic E-state index is 12.6. The summed E-state index contributed by atoms with van der Waals surface area (Å²) in [5.74, 6) is 0.488. The van der Waals surface area contributed by atoms with Gasteiger partial charge in [0, 0.05) is 33.1 Å². The molecule has 0 aliphatic rings. The van der Waals surface area contributed by atoms with Gasteiger partial charge in [-0.15, -0.1) is 11.3 Å². The van der Waals surface area contributed by atoms with Crippen molar-refractivity contribution in [3.8, 4) is 17.0 Å². The van der Waals surface area contributed by atoms with Crippen LogP contribution in [0.5, 0.6) is 5.75 Å². The number of methoxy groups -OCH3 is 1. The van der Waals surface area contributed by atoms with E-state index in [0.29, 0.717) is 16.4 Å². The van der Waals surface area contributed by atoms with Crippen molar-refractivity contribution in [3.63, 3.8) is 0 Å². The first-order valence-electron chi connectivity index (χ1n) is 8.56. The Hall–Kier alpha value is -3.12. The molecule has 2 heterocycles. The molecule has 5 nitrogen and oxygen atoms in total. The zero-order chi connectivity index (χ0) is 19.0. The normalized spacial score (nSPS) is 10.9. The molecule has 27 heavy (non-hydrogen) atoms. The zero-order valence-corrected chi connectivity index (χ0v) is 16.1. The maximum Gasteiger partial charge on any atom is 0.257 e. The Bertz CT molecular complexity index is 1140. The molecule has 0 aliphatic carbocycles. The standard InChI is InChI=1S/C21H19N3O2S/c1-12-8-9-14(10-18(12)26-3)20(25)24-21-23-17(11-27-21)19-13(2)22-16-7-5-4-6-15(16)19/h4-11,22H,1-3H3,(H,23,24,25). The molecule has 0 bridgehead atoms. The maximum absolute atomic E-state index is 12.6. The highest BCUT2D eigenvalue weighted by atomic mass is 32.1. The lowest BCUT2D eigenvalue weighted by atomic mass is 10.1. The summed E-state index contributed by atoms with van der Waals surface area (Å²) >= 11 is 1.41. The summed E-state index contributed by atoms with van der Waals surface area (Å²) in [6.07, 6.45) is 0. The summed E-state index contributed by atoms with van der Waals surface area (Å²) in [4.78, 5) is 20.6. The van der Waals surface area contributed by atoms with Crippen molar-refractivity contribution in [2.45, 2.75) is 13.8 Å². The molecule has 0 fully saturated rings. The lowest BCUT2D eigenvalue weighted by Crippen LogP contribution is -2.12. The Balaban J connectivity index is 1.61. The molecule has 0 spiro atoms. The highest BCUT2D eigenvalue weighted by Gasteiger charge is 2.15. The van der Waals surface area contributed by atoms with E-state index in [9.17, 15) is 4.79 Å². The van der Waals surface area contributed by atoms with Gasteiger partial charge in [0.2, 0.25) is 0 Å². The number of benzene rings is 2. The fraction of sp³-hybridized carbons (Fsp3) is 0.143. The molecule has 136 valence electrons. The average molecular weight is 377 g/mol.